The maximum absolute atomic E-state index is 2.52. The fourth-order valence-corrected chi connectivity index (χ4v) is 12.4. The van der Waals surface area contributed by atoms with Crippen molar-refractivity contribution in [3.05, 3.63) is 338 Å². The van der Waals surface area contributed by atoms with E-state index in [2.05, 4.69) is 322 Å². The lowest BCUT2D eigenvalue weighted by atomic mass is 9.67. The van der Waals surface area contributed by atoms with Crippen molar-refractivity contribution in [2.24, 2.45) is 0 Å². The van der Waals surface area contributed by atoms with Crippen LogP contribution in [0, 0.1) is 0 Å². The Kier molecular flexibility index (Phi) is 16.0. The highest BCUT2D eigenvalue weighted by molar-refractivity contribution is 5.83. The van der Waals surface area contributed by atoms with Crippen molar-refractivity contribution in [3.8, 4) is 89.0 Å². The number of hydrogen-bond acceptors (Lipinski definition) is 0. The van der Waals surface area contributed by atoms with E-state index in [1.165, 1.54) is 111 Å². The number of benzene rings is 12. The van der Waals surface area contributed by atoms with Crippen molar-refractivity contribution >= 4 is 0 Å². The minimum absolute atomic E-state index is 0.0297. The maximum Gasteiger partial charge on any atom is 0.0202 e. The summed E-state index contributed by atoms with van der Waals surface area (Å²) in [6, 6.07) is 118. The Morgan fingerprint density at radius 1 is 0.235 bits per heavy atom. The average molecular weight is 1040 g/mol. The smallest absolute Gasteiger partial charge is 0.0202 e. The topological polar surface area (TPSA) is 0 Å². The molecule has 12 aromatic carbocycles. The minimum Gasteiger partial charge on any atom is -0.0654 e. The summed E-state index contributed by atoms with van der Waals surface area (Å²) in [7, 11) is 0. The van der Waals surface area contributed by atoms with Crippen LogP contribution in [0.3, 0.4) is 0 Å². The van der Waals surface area contributed by atoms with Gasteiger partial charge >= 0.3 is 0 Å². The van der Waals surface area contributed by atoms with Gasteiger partial charge in [0.15, 0.2) is 0 Å². The third-order valence-corrected chi connectivity index (χ3v) is 16.6. The first-order chi connectivity index (χ1) is 40.1. The van der Waals surface area contributed by atoms with Crippen LogP contribution < -0.4 is 0 Å². The zero-order valence-electron chi connectivity index (χ0n) is 46.3. The maximum atomic E-state index is 2.52. The predicted octanol–water partition coefficient (Wildman–Crippen LogP) is 22.5. The first-order valence-corrected chi connectivity index (χ1v) is 29.1. The van der Waals surface area contributed by atoms with Crippen LogP contribution in [0.25, 0.3) is 89.0 Å². The summed E-state index contributed by atoms with van der Waals surface area (Å²) in [6.45, 7) is 2.34. The molecule has 12 rings (SSSR count). The molecule has 0 N–H and O–H groups in total. The normalized spacial score (nSPS) is 11.4. The van der Waals surface area contributed by atoms with E-state index >= 15 is 0 Å². The first kappa shape index (κ1) is 52.3. The van der Waals surface area contributed by atoms with Crippen LogP contribution in [0.1, 0.15) is 73.6 Å². The molecule has 0 unspecified atom stereocenters. The van der Waals surface area contributed by atoms with Crippen LogP contribution in [0.4, 0.5) is 0 Å². The van der Waals surface area contributed by atoms with Gasteiger partial charge in [-0.25, -0.2) is 0 Å². The molecule has 0 spiro atoms. The molecule has 0 heteroatoms. The van der Waals surface area contributed by atoms with Crippen molar-refractivity contribution in [3.63, 3.8) is 0 Å². The highest BCUT2D eigenvalue weighted by atomic mass is 14.4. The van der Waals surface area contributed by atoms with Gasteiger partial charge in [0, 0.05) is 11.3 Å². The fourth-order valence-electron chi connectivity index (χ4n) is 12.4. The van der Waals surface area contributed by atoms with Gasteiger partial charge in [-0.05, 0) is 167 Å². The minimum atomic E-state index is -0.144. The van der Waals surface area contributed by atoms with E-state index in [0.29, 0.717) is 0 Å². The van der Waals surface area contributed by atoms with Gasteiger partial charge < -0.3 is 0 Å². The Morgan fingerprint density at radius 3 is 0.753 bits per heavy atom. The molecule has 0 aliphatic carbocycles. The van der Waals surface area contributed by atoms with Gasteiger partial charge in [-0.3, -0.25) is 0 Å². The van der Waals surface area contributed by atoms with Gasteiger partial charge in [-0.15, -0.1) is 0 Å². The lowest BCUT2D eigenvalue weighted by Crippen LogP contribution is -2.28. The zero-order valence-corrected chi connectivity index (χ0v) is 46.3. The van der Waals surface area contributed by atoms with Crippen LogP contribution in [0.15, 0.2) is 315 Å². The fraction of sp³-hybridized carbons (Fsp3) is 0.111. The summed E-state index contributed by atoms with van der Waals surface area (Å²) in [5.41, 5.74) is 24.6. The summed E-state index contributed by atoms with van der Waals surface area (Å²) in [6.07, 6.45) is 6.36. The molecular weight excluding hydrogens is 973 g/mol. The van der Waals surface area contributed by atoms with E-state index in [0.717, 1.165) is 38.5 Å². The standard InChI is InChI=1S/C81H68/c1-2-3-48-81(78-43-18-8-19-44-78,79-45-20-9-21-46-79)49-26-47-80(76-56-72(68-39-22-35-64(50-68)60-27-10-4-11-28-60)54-73(57-76)69-40-23-36-65(51-69)61-29-12-5-13-30-61)77-58-74(70-41-24-37-66(52-70)62-31-14-6-15-32-62)55-75(59-77)71-42-25-38-67(53-71)63-33-16-7-17-34-63/h4-25,27-46,50-59,80H,2-3,26,47-49H2,1H3. The van der Waals surface area contributed by atoms with Gasteiger partial charge in [0.2, 0.25) is 0 Å². The molecule has 0 saturated carbocycles. The zero-order chi connectivity index (χ0) is 54.6. The van der Waals surface area contributed by atoms with Gasteiger partial charge in [-0.2, -0.15) is 0 Å². The summed E-state index contributed by atoms with van der Waals surface area (Å²) in [5, 5.41) is 0. The molecule has 0 amide bonds. The van der Waals surface area contributed by atoms with E-state index in [4.69, 9.17) is 0 Å². The van der Waals surface area contributed by atoms with Gasteiger partial charge in [0.05, 0.1) is 0 Å². The molecule has 0 bridgehead atoms. The summed E-state index contributed by atoms with van der Waals surface area (Å²) >= 11 is 0. The van der Waals surface area contributed by atoms with Crippen LogP contribution in [-0.4, -0.2) is 0 Å². The molecule has 0 radical (unpaired) electrons. The van der Waals surface area contributed by atoms with Crippen molar-refractivity contribution in [2.75, 3.05) is 0 Å². The summed E-state index contributed by atoms with van der Waals surface area (Å²) in [4.78, 5) is 0. The Balaban J connectivity index is 1.08. The molecule has 0 atom stereocenters. The van der Waals surface area contributed by atoms with E-state index in [9.17, 15) is 0 Å². The van der Waals surface area contributed by atoms with Crippen LogP contribution in [0.2, 0.25) is 0 Å². The number of hydrogen-bond donors (Lipinski definition) is 0. The van der Waals surface area contributed by atoms with Crippen molar-refractivity contribution in [1.82, 2.24) is 0 Å². The largest absolute Gasteiger partial charge is 0.0654 e. The van der Waals surface area contributed by atoms with E-state index in [1.807, 2.05) is 0 Å². The van der Waals surface area contributed by atoms with E-state index in [1.54, 1.807) is 0 Å². The van der Waals surface area contributed by atoms with E-state index < -0.39 is 0 Å². The Bertz CT molecular complexity index is 3520. The molecule has 0 aliphatic rings. The van der Waals surface area contributed by atoms with Crippen LogP contribution in [0.5, 0.6) is 0 Å². The molecule has 0 saturated heterocycles. The second-order valence-electron chi connectivity index (χ2n) is 21.8. The molecule has 0 heterocycles. The third kappa shape index (κ3) is 12.0. The second-order valence-corrected chi connectivity index (χ2v) is 21.8. The Morgan fingerprint density at radius 2 is 0.469 bits per heavy atom. The molecule has 12 aromatic rings. The lowest BCUT2D eigenvalue weighted by Gasteiger charge is -2.36. The number of unbranched alkanes of at least 4 members (excludes halogenated alkanes) is 1. The van der Waals surface area contributed by atoms with E-state index in [-0.39, 0.29) is 11.3 Å². The lowest BCUT2D eigenvalue weighted by molar-refractivity contribution is 0.398. The summed E-state index contributed by atoms with van der Waals surface area (Å²) < 4.78 is 0. The van der Waals surface area contributed by atoms with Crippen LogP contribution in [-0.2, 0) is 5.41 Å². The molecule has 0 aliphatic heterocycles. The highest BCUT2D eigenvalue weighted by Crippen LogP contribution is 2.46. The van der Waals surface area contributed by atoms with Gasteiger partial charge in [-0.1, -0.05) is 305 Å². The Hall–Kier alpha value is -9.36. The van der Waals surface area contributed by atoms with Crippen molar-refractivity contribution < 1.29 is 0 Å². The predicted molar refractivity (Wildman–Crippen MR) is 345 cm³/mol. The molecule has 392 valence electrons. The second kappa shape index (κ2) is 24.8. The quantitative estimate of drug-likeness (QED) is 0.0757. The molecule has 0 nitrogen and oxygen atoms in total. The summed E-state index contributed by atoms with van der Waals surface area (Å²) in [5.74, 6) is 0.0297. The molecular formula is C81H68. The average Bonchev–Trinajstić information content (AvgIpc) is 3.56. The molecule has 81 heavy (non-hydrogen) atoms. The van der Waals surface area contributed by atoms with Crippen molar-refractivity contribution in [2.45, 2.75) is 56.8 Å². The van der Waals surface area contributed by atoms with Crippen molar-refractivity contribution in [1.29, 1.82) is 0 Å². The van der Waals surface area contributed by atoms with Gasteiger partial charge in [0.25, 0.3) is 0 Å². The monoisotopic (exact) mass is 1040 g/mol. The Labute approximate surface area is 480 Å². The molecule has 0 aromatic heterocycles. The number of rotatable bonds is 19. The van der Waals surface area contributed by atoms with Crippen LogP contribution >= 0.6 is 0 Å². The SMILES string of the molecule is CCCCC(CCCC(c1cc(-c2cccc(-c3ccccc3)c2)cc(-c2cccc(-c3ccccc3)c2)c1)c1cc(-c2cccc(-c3ccccc3)c2)cc(-c2cccc(-c3ccccc3)c2)c1)(c1ccccc1)c1ccccc1. The van der Waals surface area contributed by atoms with Gasteiger partial charge in [0.1, 0.15) is 0 Å². The first-order valence-electron chi connectivity index (χ1n) is 29.1. The third-order valence-electron chi connectivity index (χ3n) is 16.6. The molecule has 0 fully saturated rings. The highest BCUT2D eigenvalue weighted by Gasteiger charge is 2.34.